The molecule has 0 aliphatic rings. The first kappa shape index (κ1) is 23.3. The van der Waals surface area contributed by atoms with Crippen LogP contribution in [-0.2, 0) is 16.2 Å². The lowest BCUT2D eigenvalue weighted by molar-refractivity contribution is -0.143. The van der Waals surface area contributed by atoms with Gasteiger partial charge in [0.15, 0.2) is 11.4 Å². The summed E-state index contributed by atoms with van der Waals surface area (Å²) in [6.07, 6.45) is -5.14. The summed E-state index contributed by atoms with van der Waals surface area (Å²) in [4.78, 5) is 12.0. The predicted octanol–water partition coefficient (Wildman–Crippen LogP) is 4.67. The van der Waals surface area contributed by atoms with Crippen LogP contribution in [0.3, 0.4) is 0 Å². The molecule has 164 valence electrons. The quantitative estimate of drug-likeness (QED) is 0.547. The van der Waals surface area contributed by atoms with Crippen LogP contribution in [0.2, 0.25) is 15.1 Å². The van der Waals surface area contributed by atoms with Crippen LogP contribution in [0, 0.1) is 6.92 Å². The molecule has 1 amide bonds. The zero-order valence-electron chi connectivity index (χ0n) is 15.2. The lowest BCUT2D eigenvalue weighted by Crippen LogP contribution is -2.33. The van der Waals surface area contributed by atoms with Crippen molar-refractivity contribution in [2.24, 2.45) is 0 Å². The molecule has 1 N–H and O–H groups in total. The third kappa shape index (κ3) is 4.64. The summed E-state index contributed by atoms with van der Waals surface area (Å²) in [6.45, 7) is 1.43. The van der Waals surface area contributed by atoms with E-state index >= 15 is 0 Å². The van der Waals surface area contributed by atoms with Gasteiger partial charge in [-0.1, -0.05) is 52.1 Å². The average molecular weight is 514 g/mol. The molecule has 3 rings (SSSR count). The summed E-state index contributed by atoms with van der Waals surface area (Å²) in [5.41, 5.74) is -2.90. The predicted molar refractivity (Wildman–Crippen MR) is 107 cm³/mol. The Bertz CT molecular complexity index is 1270. The highest BCUT2D eigenvalue weighted by Gasteiger charge is 2.43. The molecule has 7 nitrogen and oxygen atoms in total. The number of benzene rings is 2. The Hall–Kier alpha value is -2.34. The highest BCUT2D eigenvalue weighted by molar-refractivity contribution is 7.90. The lowest BCUT2D eigenvalue weighted by Gasteiger charge is -2.14. The zero-order chi connectivity index (χ0) is 23.1. The number of aromatic nitrogens is 3. The van der Waals surface area contributed by atoms with E-state index in [4.69, 9.17) is 34.8 Å². The number of carbonyl (C=O) groups excluding carboxylic acids is 1. The van der Waals surface area contributed by atoms with Gasteiger partial charge in [-0.2, -0.15) is 13.2 Å². The average Bonchev–Trinajstić information content (AvgIpc) is 3.06. The number of aryl methyl sites for hydroxylation is 1. The molecule has 14 heteroatoms. The largest absolute Gasteiger partial charge is 0.435 e. The highest BCUT2D eigenvalue weighted by atomic mass is 35.5. The van der Waals surface area contributed by atoms with Gasteiger partial charge in [0.25, 0.3) is 15.9 Å². The minimum atomic E-state index is -5.14. The molecule has 0 atom stereocenters. The van der Waals surface area contributed by atoms with E-state index in [0.29, 0.717) is 4.68 Å². The van der Waals surface area contributed by atoms with Gasteiger partial charge in [0.2, 0.25) is 0 Å². The van der Waals surface area contributed by atoms with Crippen molar-refractivity contribution < 1.29 is 26.4 Å². The molecule has 0 saturated carbocycles. The number of hydrogen-bond donors (Lipinski definition) is 1. The highest BCUT2D eigenvalue weighted by Crippen LogP contribution is 2.36. The number of nitrogens with zero attached hydrogens (tertiary/aromatic N) is 3. The van der Waals surface area contributed by atoms with Crippen molar-refractivity contribution in [2.45, 2.75) is 18.0 Å². The molecular formula is C17H10Cl3F3N4O3S. The summed E-state index contributed by atoms with van der Waals surface area (Å²) in [7, 11) is -4.60. The number of sulfonamides is 1. The SMILES string of the molecule is Cc1cc(Cl)cc(Cl)c1-n1nnc(C(=O)NS(=O)(=O)c2ccccc2Cl)c1C(F)(F)F. The molecule has 0 spiro atoms. The first-order valence-corrected chi connectivity index (χ1v) is 10.7. The van der Waals surface area contributed by atoms with Gasteiger partial charge in [-0.25, -0.2) is 17.8 Å². The fourth-order valence-corrected chi connectivity index (χ4v) is 4.85. The van der Waals surface area contributed by atoms with Gasteiger partial charge in [-0.15, -0.1) is 5.10 Å². The van der Waals surface area contributed by atoms with Crippen molar-refractivity contribution in [1.82, 2.24) is 19.7 Å². The summed E-state index contributed by atoms with van der Waals surface area (Å²) < 4.78 is 68.2. The molecule has 0 unspecified atom stereocenters. The van der Waals surface area contributed by atoms with E-state index in [1.165, 1.54) is 42.0 Å². The molecule has 31 heavy (non-hydrogen) atoms. The van der Waals surface area contributed by atoms with E-state index in [0.717, 1.165) is 6.07 Å². The number of amides is 1. The van der Waals surface area contributed by atoms with E-state index in [-0.39, 0.29) is 26.3 Å². The number of alkyl halides is 3. The maximum absolute atomic E-state index is 13.8. The molecule has 1 heterocycles. The molecular weight excluding hydrogens is 504 g/mol. The number of carbonyl (C=O) groups is 1. The standard InChI is InChI=1S/C17H10Cl3F3N4O3S/c1-8-6-9(18)7-11(20)14(8)27-15(17(21,22)23)13(24-26-27)16(28)25-31(29,30)12-5-3-2-4-10(12)19/h2-7H,1H3,(H,25,28). The van der Waals surface area contributed by atoms with Crippen molar-refractivity contribution in [2.75, 3.05) is 0 Å². The van der Waals surface area contributed by atoms with Crippen molar-refractivity contribution in [3.05, 3.63) is 68.4 Å². The van der Waals surface area contributed by atoms with Crippen LogP contribution in [0.1, 0.15) is 21.7 Å². The van der Waals surface area contributed by atoms with Crippen LogP contribution in [0.5, 0.6) is 0 Å². The zero-order valence-corrected chi connectivity index (χ0v) is 18.3. The number of nitrogens with one attached hydrogen (secondary N) is 1. The normalized spacial score (nSPS) is 12.1. The van der Waals surface area contributed by atoms with Crippen LogP contribution in [-0.4, -0.2) is 29.3 Å². The molecule has 0 fully saturated rings. The number of hydrogen-bond acceptors (Lipinski definition) is 5. The smallest absolute Gasteiger partial charge is 0.266 e. The Kier molecular flexibility index (Phi) is 6.25. The van der Waals surface area contributed by atoms with Crippen LogP contribution in [0.15, 0.2) is 41.3 Å². The molecule has 2 aromatic carbocycles. The molecule has 3 aromatic rings. The molecule has 0 saturated heterocycles. The fourth-order valence-electron chi connectivity index (χ4n) is 2.70. The summed E-state index contributed by atoms with van der Waals surface area (Å²) in [5.74, 6) is -1.65. The monoisotopic (exact) mass is 512 g/mol. The van der Waals surface area contributed by atoms with Gasteiger partial charge in [0.1, 0.15) is 4.90 Å². The summed E-state index contributed by atoms with van der Waals surface area (Å²) >= 11 is 17.7. The first-order valence-electron chi connectivity index (χ1n) is 8.13. The third-order valence-corrected chi connectivity index (χ3v) is 6.27. The van der Waals surface area contributed by atoms with Gasteiger partial charge in [-0.05, 0) is 36.8 Å². The second-order valence-electron chi connectivity index (χ2n) is 6.11. The molecule has 0 aliphatic carbocycles. The van der Waals surface area contributed by atoms with E-state index in [1.54, 1.807) is 0 Å². The van der Waals surface area contributed by atoms with Crippen LogP contribution in [0.4, 0.5) is 13.2 Å². The Morgan fingerprint density at radius 3 is 2.32 bits per heavy atom. The number of rotatable bonds is 4. The molecule has 0 aliphatic heterocycles. The molecule has 0 radical (unpaired) electrons. The van der Waals surface area contributed by atoms with Gasteiger partial charge in [0.05, 0.1) is 15.7 Å². The van der Waals surface area contributed by atoms with Crippen LogP contribution in [0.25, 0.3) is 5.69 Å². The van der Waals surface area contributed by atoms with Gasteiger partial charge < -0.3 is 0 Å². The minimum absolute atomic E-state index is 0.170. The van der Waals surface area contributed by atoms with Gasteiger partial charge in [0, 0.05) is 5.02 Å². The van der Waals surface area contributed by atoms with Crippen molar-refractivity contribution >= 4 is 50.7 Å². The maximum atomic E-state index is 13.8. The first-order chi connectivity index (χ1) is 14.3. The van der Waals surface area contributed by atoms with Crippen LogP contribution >= 0.6 is 34.8 Å². The van der Waals surface area contributed by atoms with Crippen LogP contribution < -0.4 is 4.72 Å². The van der Waals surface area contributed by atoms with E-state index < -0.39 is 38.4 Å². The summed E-state index contributed by atoms with van der Waals surface area (Å²) in [5, 5.41) is 6.39. The van der Waals surface area contributed by atoms with E-state index in [2.05, 4.69) is 10.3 Å². The Morgan fingerprint density at radius 1 is 1.10 bits per heavy atom. The van der Waals surface area contributed by atoms with E-state index in [9.17, 15) is 26.4 Å². The molecule has 1 aromatic heterocycles. The lowest BCUT2D eigenvalue weighted by atomic mass is 10.2. The van der Waals surface area contributed by atoms with E-state index in [1.807, 2.05) is 0 Å². The third-order valence-electron chi connectivity index (χ3n) is 3.94. The topological polar surface area (TPSA) is 93.9 Å². The second-order valence-corrected chi connectivity index (χ2v) is 9.02. The van der Waals surface area contributed by atoms with Crippen molar-refractivity contribution in [3.8, 4) is 5.69 Å². The summed E-state index contributed by atoms with van der Waals surface area (Å²) in [6, 6.07) is 7.61. The van der Waals surface area contributed by atoms with Gasteiger partial charge in [-0.3, -0.25) is 4.79 Å². The Balaban J connectivity index is 2.12. The Labute approximate surface area is 188 Å². The fraction of sp³-hybridized carbons (Fsp3) is 0.118. The Morgan fingerprint density at radius 2 is 1.74 bits per heavy atom. The number of halogens is 6. The van der Waals surface area contributed by atoms with Gasteiger partial charge >= 0.3 is 6.18 Å². The second kappa shape index (κ2) is 8.30. The van der Waals surface area contributed by atoms with Crippen molar-refractivity contribution in [1.29, 1.82) is 0 Å². The molecule has 0 bridgehead atoms. The maximum Gasteiger partial charge on any atom is 0.435 e. The van der Waals surface area contributed by atoms with Crippen molar-refractivity contribution in [3.63, 3.8) is 0 Å². The minimum Gasteiger partial charge on any atom is -0.266 e.